The number of ether oxygens (including phenoxy) is 1. The molecule has 0 spiro atoms. The van der Waals surface area contributed by atoms with Crippen molar-refractivity contribution in [3.8, 4) is 0 Å². The number of halogens is 2. The van der Waals surface area contributed by atoms with Crippen molar-refractivity contribution in [3.05, 3.63) is 28.2 Å². The minimum atomic E-state index is 0.539. The molecule has 0 aromatic heterocycles. The number of anilines is 1. The molecule has 0 atom stereocenters. The maximum atomic E-state index is 5.92. The van der Waals surface area contributed by atoms with Crippen LogP contribution in [0.5, 0.6) is 0 Å². The lowest BCUT2D eigenvalue weighted by Gasteiger charge is -2.22. The van der Waals surface area contributed by atoms with Gasteiger partial charge in [-0.25, -0.2) is 0 Å². The van der Waals surface area contributed by atoms with Gasteiger partial charge in [-0.2, -0.15) is 0 Å². The van der Waals surface area contributed by atoms with Gasteiger partial charge in [0.15, 0.2) is 0 Å². The fourth-order valence-corrected chi connectivity index (χ4v) is 2.15. The third kappa shape index (κ3) is 3.96. The summed E-state index contributed by atoms with van der Waals surface area (Å²) in [7, 11) is 3.80. The summed E-state index contributed by atoms with van der Waals surface area (Å²) in [6.45, 7) is 1.75. The van der Waals surface area contributed by atoms with Crippen LogP contribution in [-0.4, -0.2) is 27.3 Å². The molecular formula is C12H17BrClNO. The van der Waals surface area contributed by atoms with E-state index < -0.39 is 0 Å². The Balaban J connectivity index is 2.72. The van der Waals surface area contributed by atoms with Gasteiger partial charge in [0.2, 0.25) is 0 Å². The topological polar surface area (TPSA) is 12.5 Å². The normalized spacial score (nSPS) is 10.5. The van der Waals surface area contributed by atoms with Crippen molar-refractivity contribution >= 4 is 33.2 Å². The molecule has 0 aliphatic rings. The average molecular weight is 307 g/mol. The Kier molecular flexibility index (Phi) is 6.17. The van der Waals surface area contributed by atoms with Crippen LogP contribution >= 0.6 is 27.5 Å². The Morgan fingerprint density at radius 3 is 2.81 bits per heavy atom. The van der Waals surface area contributed by atoms with Crippen LogP contribution in [0.2, 0.25) is 0 Å². The zero-order valence-corrected chi connectivity index (χ0v) is 12.0. The molecule has 1 aromatic rings. The van der Waals surface area contributed by atoms with Crippen molar-refractivity contribution in [3.63, 3.8) is 0 Å². The standard InChI is InChI=1S/C12H17BrClNO/c1-15(6-3-7-16-2)12-8-11(13)5-4-10(12)9-14/h4-5,8H,3,6-7,9H2,1-2H3. The largest absolute Gasteiger partial charge is 0.385 e. The van der Waals surface area contributed by atoms with Gasteiger partial charge >= 0.3 is 0 Å². The van der Waals surface area contributed by atoms with Crippen LogP contribution in [0.3, 0.4) is 0 Å². The molecule has 1 rings (SSSR count). The summed E-state index contributed by atoms with van der Waals surface area (Å²) < 4.78 is 6.13. The van der Waals surface area contributed by atoms with E-state index in [1.54, 1.807) is 7.11 Å². The third-order valence-electron chi connectivity index (χ3n) is 2.44. The molecule has 0 bridgehead atoms. The molecule has 0 aliphatic carbocycles. The van der Waals surface area contributed by atoms with Crippen molar-refractivity contribution in [2.45, 2.75) is 12.3 Å². The highest BCUT2D eigenvalue weighted by Crippen LogP contribution is 2.25. The molecule has 0 N–H and O–H groups in total. The molecule has 0 heterocycles. The SMILES string of the molecule is COCCCN(C)c1cc(Br)ccc1CCl. The van der Waals surface area contributed by atoms with Gasteiger partial charge in [0.1, 0.15) is 0 Å². The van der Waals surface area contributed by atoms with E-state index in [4.69, 9.17) is 16.3 Å². The molecular weight excluding hydrogens is 289 g/mol. The molecule has 0 fully saturated rings. The van der Waals surface area contributed by atoms with Crippen molar-refractivity contribution < 1.29 is 4.74 Å². The van der Waals surface area contributed by atoms with Crippen LogP contribution in [0.4, 0.5) is 5.69 Å². The second-order valence-corrected chi connectivity index (χ2v) is 4.86. The quantitative estimate of drug-likeness (QED) is 0.587. The van der Waals surface area contributed by atoms with Crippen LogP contribution in [0.1, 0.15) is 12.0 Å². The van der Waals surface area contributed by atoms with Crippen LogP contribution in [0.25, 0.3) is 0 Å². The number of rotatable bonds is 6. The van der Waals surface area contributed by atoms with Crippen molar-refractivity contribution in [1.82, 2.24) is 0 Å². The van der Waals surface area contributed by atoms with Gasteiger partial charge in [-0.1, -0.05) is 22.0 Å². The minimum Gasteiger partial charge on any atom is -0.385 e. The zero-order valence-electron chi connectivity index (χ0n) is 9.67. The molecule has 16 heavy (non-hydrogen) atoms. The Bertz CT molecular complexity index is 333. The Hall–Kier alpha value is -0.250. The number of methoxy groups -OCH3 is 1. The van der Waals surface area contributed by atoms with E-state index in [1.807, 2.05) is 6.07 Å². The van der Waals surface area contributed by atoms with E-state index >= 15 is 0 Å². The molecule has 0 saturated heterocycles. The van der Waals surface area contributed by atoms with Crippen LogP contribution in [0, 0.1) is 0 Å². The van der Waals surface area contributed by atoms with E-state index in [9.17, 15) is 0 Å². The first-order chi connectivity index (χ1) is 7.69. The summed E-state index contributed by atoms with van der Waals surface area (Å²) >= 11 is 9.40. The second-order valence-electron chi connectivity index (χ2n) is 3.67. The van der Waals surface area contributed by atoms with Gasteiger partial charge in [0.05, 0.1) is 0 Å². The van der Waals surface area contributed by atoms with E-state index in [2.05, 4.69) is 40.0 Å². The molecule has 0 aliphatic heterocycles. The average Bonchev–Trinajstić information content (AvgIpc) is 2.29. The van der Waals surface area contributed by atoms with Gasteiger partial charge in [0.25, 0.3) is 0 Å². The van der Waals surface area contributed by atoms with Crippen LogP contribution in [0.15, 0.2) is 22.7 Å². The Labute approximate surface area is 111 Å². The molecule has 0 saturated carbocycles. The molecule has 0 unspecified atom stereocenters. The van der Waals surface area contributed by atoms with E-state index in [0.29, 0.717) is 5.88 Å². The third-order valence-corrected chi connectivity index (χ3v) is 3.23. The lowest BCUT2D eigenvalue weighted by molar-refractivity contribution is 0.196. The van der Waals surface area contributed by atoms with Gasteiger partial charge in [0, 0.05) is 43.3 Å². The molecule has 4 heteroatoms. The summed E-state index contributed by atoms with van der Waals surface area (Å²) in [6, 6.07) is 6.17. The number of nitrogens with zero attached hydrogens (tertiary/aromatic N) is 1. The van der Waals surface area contributed by atoms with Gasteiger partial charge in [-0.05, 0) is 24.1 Å². The summed E-state index contributed by atoms with van der Waals surface area (Å²) in [5, 5.41) is 0. The predicted molar refractivity (Wildman–Crippen MR) is 73.5 cm³/mol. The predicted octanol–water partition coefficient (Wildman–Crippen LogP) is 3.66. The van der Waals surface area contributed by atoms with Gasteiger partial charge in [-0.3, -0.25) is 0 Å². The highest BCUT2D eigenvalue weighted by atomic mass is 79.9. The highest BCUT2D eigenvalue weighted by Gasteiger charge is 2.07. The van der Waals surface area contributed by atoms with Crippen LogP contribution in [-0.2, 0) is 10.6 Å². The minimum absolute atomic E-state index is 0.539. The van der Waals surface area contributed by atoms with Gasteiger partial charge in [-0.15, -0.1) is 11.6 Å². The fourth-order valence-electron chi connectivity index (χ4n) is 1.57. The van der Waals surface area contributed by atoms with Crippen molar-refractivity contribution in [2.24, 2.45) is 0 Å². The molecule has 0 amide bonds. The maximum Gasteiger partial charge on any atom is 0.0494 e. The Morgan fingerprint density at radius 2 is 2.19 bits per heavy atom. The molecule has 2 nitrogen and oxygen atoms in total. The summed E-state index contributed by atoms with van der Waals surface area (Å²) in [4.78, 5) is 2.21. The van der Waals surface area contributed by atoms with E-state index in [1.165, 1.54) is 5.69 Å². The maximum absolute atomic E-state index is 5.92. The summed E-state index contributed by atoms with van der Waals surface area (Å²) in [5.74, 6) is 0.539. The van der Waals surface area contributed by atoms with Gasteiger partial charge < -0.3 is 9.64 Å². The Morgan fingerprint density at radius 1 is 1.44 bits per heavy atom. The lowest BCUT2D eigenvalue weighted by atomic mass is 10.2. The summed E-state index contributed by atoms with van der Waals surface area (Å²) in [5.41, 5.74) is 2.34. The smallest absolute Gasteiger partial charge is 0.0494 e. The zero-order chi connectivity index (χ0) is 12.0. The number of hydrogen-bond acceptors (Lipinski definition) is 2. The first-order valence-electron chi connectivity index (χ1n) is 5.23. The monoisotopic (exact) mass is 305 g/mol. The first-order valence-corrected chi connectivity index (χ1v) is 6.56. The van der Waals surface area contributed by atoms with Crippen molar-refractivity contribution in [1.29, 1.82) is 0 Å². The number of hydrogen-bond donors (Lipinski definition) is 0. The summed E-state index contributed by atoms with van der Waals surface area (Å²) in [6.07, 6.45) is 1.02. The second kappa shape index (κ2) is 7.15. The lowest BCUT2D eigenvalue weighted by Crippen LogP contribution is -2.20. The highest BCUT2D eigenvalue weighted by molar-refractivity contribution is 9.10. The van der Waals surface area contributed by atoms with Crippen molar-refractivity contribution in [2.75, 3.05) is 32.2 Å². The fraction of sp³-hybridized carbons (Fsp3) is 0.500. The molecule has 0 radical (unpaired) electrons. The molecule has 1 aromatic carbocycles. The number of benzene rings is 1. The van der Waals surface area contributed by atoms with Crippen LogP contribution < -0.4 is 4.90 Å². The number of alkyl halides is 1. The first kappa shape index (κ1) is 13.8. The molecule has 90 valence electrons. The van der Waals surface area contributed by atoms with E-state index in [-0.39, 0.29) is 0 Å². The van der Waals surface area contributed by atoms with E-state index in [0.717, 1.165) is 29.6 Å².